The quantitative estimate of drug-likeness (QED) is 0.659. The van der Waals surface area contributed by atoms with Crippen LogP contribution < -0.4 is 5.32 Å². The third-order valence-corrected chi connectivity index (χ3v) is 9.08. The molecule has 0 saturated carbocycles. The summed E-state index contributed by atoms with van der Waals surface area (Å²) >= 11 is 3.08. The first-order valence-electron chi connectivity index (χ1n) is 9.62. The average molecular weight is 449 g/mol. The molecule has 0 bridgehead atoms. The largest absolute Gasteiger partial charge is 0.296 e. The first kappa shape index (κ1) is 19.0. The highest BCUT2D eigenvalue weighted by molar-refractivity contribution is 7.91. The topological polar surface area (TPSA) is 94.0 Å². The summed E-state index contributed by atoms with van der Waals surface area (Å²) in [7, 11) is -3.06. The van der Waals surface area contributed by atoms with Gasteiger partial charge in [0.2, 0.25) is 0 Å². The van der Waals surface area contributed by atoms with Gasteiger partial charge in [0.15, 0.2) is 20.7 Å². The number of fused-ring (bicyclic) bond motifs is 1. The van der Waals surface area contributed by atoms with Gasteiger partial charge in [0.25, 0.3) is 5.91 Å². The molecule has 1 aliphatic heterocycles. The Bertz CT molecular complexity index is 1140. The monoisotopic (exact) mass is 448 g/mol. The van der Waals surface area contributed by atoms with E-state index in [0.717, 1.165) is 35.5 Å². The van der Waals surface area contributed by atoms with Gasteiger partial charge in [-0.25, -0.2) is 13.4 Å². The van der Waals surface area contributed by atoms with Crippen LogP contribution >= 0.6 is 22.7 Å². The van der Waals surface area contributed by atoms with Crippen molar-refractivity contribution in [2.24, 2.45) is 0 Å². The second-order valence-corrected chi connectivity index (χ2v) is 11.7. The van der Waals surface area contributed by atoms with E-state index in [9.17, 15) is 13.2 Å². The van der Waals surface area contributed by atoms with Gasteiger partial charge < -0.3 is 0 Å². The van der Waals surface area contributed by atoms with Crippen LogP contribution in [-0.4, -0.2) is 40.6 Å². The molecule has 0 radical (unpaired) electrons. The molecule has 1 N–H and O–H groups in total. The predicted octanol–water partition coefficient (Wildman–Crippen LogP) is 3.56. The lowest BCUT2D eigenvalue weighted by Gasteiger charge is -2.12. The number of nitrogens with one attached hydrogen (secondary N) is 1. The minimum atomic E-state index is -3.06. The van der Waals surface area contributed by atoms with Crippen LogP contribution in [0.4, 0.5) is 5.13 Å². The first-order valence-corrected chi connectivity index (χ1v) is 13.1. The highest BCUT2D eigenvalue weighted by atomic mass is 32.2. The van der Waals surface area contributed by atoms with E-state index in [-0.39, 0.29) is 29.1 Å². The van der Waals surface area contributed by atoms with Crippen molar-refractivity contribution in [3.05, 3.63) is 39.8 Å². The molecule has 29 heavy (non-hydrogen) atoms. The summed E-state index contributed by atoms with van der Waals surface area (Å²) in [6.07, 6.45) is 4.82. The molecule has 4 heterocycles. The SMILES string of the molecule is O=C(Nc1nc2c(s1)CCCC2)c1cc(-c2cccs2)n(C2CCS(=O)(=O)C2)n1. The van der Waals surface area contributed by atoms with Gasteiger partial charge in [-0.15, -0.1) is 22.7 Å². The van der Waals surface area contributed by atoms with E-state index in [4.69, 9.17) is 0 Å². The predicted molar refractivity (Wildman–Crippen MR) is 115 cm³/mol. The molecule has 1 aliphatic carbocycles. The van der Waals surface area contributed by atoms with Crippen LogP contribution in [0.1, 0.15) is 46.4 Å². The van der Waals surface area contributed by atoms with Crippen LogP contribution in [0.2, 0.25) is 0 Å². The number of aromatic nitrogens is 3. The fourth-order valence-corrected chi connectivity index (χ4v) is 7.40. The van der Waals surface area contributed by atoms with E-state index in [1.54, 1.807) is 22.1 Å². The molecule has 5 rings (SSSR count). The minimum Gasteiger partial charge on any atom is -0.296 e. The summed E-state index contributed by atoms with van der Waals surface area (Å²) in [6, 6.07) is 5.39. The number of rotatable bonds is 4. The van der Waals surface area contributed by atoms with Crippen molar-refractivity contribution in [3.8, 4) is 10.6 Å². The Hall–Kier alpha value is -2.04. The van der Waals surface area contributed by atoms with Gasteiger partial charge in [-0.3, -0.25) is 14.8 Å². The molecule has 0 spiro atoms. The second-order valence-electron chi connectivity index (χ2n) is 7.44. The Morgan fingerprint density at radius 1 is 1.28 bits per heavy atom. The van der Waals surface area contributed by atoms with Crippen molar-refractivity contribution in [1.82, 2.24) is 14.8 Å². The van der Waals surface area contributed by atoms with E-state index >= 15 is 0 Å². The average Bonchev–Trinajstić information content (AvgIpc) is 3.46. The molecule has 3 aromatic heterocycles. The molecule has 1 amide bonds. The lowest BCUT2D eigenvalue weighted by molar-refractivity contribution is 0.102. The maximum absolute atomic E-state index is 12.9. The Kier molecular flexibility index (Phi) is 4.79. The normalized spacial score (nSPS) is 20.5. The Balaban J connectivity index is 1.44. The molecule has 7 nitrogen and oxygen atoms in total. The number of aryl methyl sites for hydroxylation is 2. The number of thiazole rings is 1. The fraction of sp³-hybridized carbons (Fsp3) is 0.421. The van der Waals surface area contributed by atoms with Gasteiger partial charge in [0, 0.05) is 4.88 Å². The van der Waals surface area contributed by atoms with Crippen LogP contribution in [0.25, 0.3) is 10.6 Å². The first-order chi connectivity index (χ1) is 14.0. The van der Waals surface area contributed by atoms with Crippen molar-refractivity contribution in [3.63, 3.8) is 0 Å². The summed E-state index contributed by atoms with van der Waals surface area (Å²) in [6.45, 7) is 0. The summed E-state index contributed by atoms with van der Waals surface area (Å²) < 4.78 is 25.7. The van der Waals surface area contributed by atoms with E-state index in [2.05, 4.69) is 15.4 Å². The number of carbonyl (C=O) groups is 1. The molecule has 1 atom stereocenters. The lowest BCUT2D eigenvalue weighted by atomic mass is 10.0. The highest BCUT2D eigenvalue weighted by Gasteiger charge is 2.32. The van der Waals surface area contributed by atoms with Gasteiger partial charge in [-0.05, 0) is 49.6 Å². The highest BCUT2D eigenvalue weighted by Crippen LogP contribution is 2.33. The van der Waals surface area contributed by atoms with Crippen molar-refractivity contribution < 1.29 is 13.2 Å². The fourth-order valence-electron chi connectivity index (χ4n) is 3.93. The second kappa shape index (κ2) is 7.33. The number of thiophene rings is 1. The molecule has 1 saturated heterocycles. The summed E-state index contributed by atoms with van der Waals surface area (Å²) in [5, 5.41) is 9.97. The molecular weight excluding hydrogens is 428 g/mol. The third kappa shape index (κ3) is 3.76. The van der Waals surface area contributed by atoms with Gasteiger partial charge in [0.05, 0.1) is 33.8 Å². The maximum Gasteiger partial charge on any atom is 0.277 e. The van der Waals surface area contributed by atoms with Crippen LogP contribution in [0.15, 0.2) is 23.6 Å². The Morgan fingerprint density at radius 2 is 2.14 bits per heavy atom. The van der Waals surface area contributed by atoms with Crippen molar-refractivity contribution in [2.75, 3.05) is 16.8 Å². The van der Waals surface area contributed by atoms with E-state index in [0.29, 0.717) is 11.6 Å². The van der Waals surface area contributed by atoms with E-state index < -0.39 is 9.84 Å². The number of amides is 1. The number of carbonyl (C=O) groups excluding carboxylic acids is 1. The number of hydrogen-bond acceptors (Lipinski definition) is 7. The molecule has 3 aromatic rings. The van der Waals surface area contributed by atoms with Gasteiger partial charge in [-0.2, -0.15) is 5.10 Å². The van der Waals surface area contributed by atoms with Crippen molar-refractivity contribution in [2.45, 2.75) is 38.1 Å². The number of nitrogens with zero attached hydrogens (tertiary/aromatic N) is 3. The number of anilines is 1. The Labute approximate surface area is 176 Å². The summed E-state index contributed by atoms with van der Waals surface area (Å²) in [5.74, 6) is -0.0884. The zero-order chi connectivity index (χ0) is 20.0. The molecule has 0 aromatic carbocycles. The van der Waals surface area contributed by atoms with E-state index in [1.165, 1.54) is 22.6 Å². The Morgan fingerprint density at radius 3 is 2.86 bits per heavy atom. The van der Waals surface area contributed by atoms with Crippen LogP contribution in [0.5, 0.6) is 0 Å². The van der Waals surface area contributed by atoms with Gasteiger partial charge in [0.1, 0.15) is 0 Å². The zero-order valence-corrected chi connectivity index (χ0v) is 18.1. The van der Waals surface area contributed by atoms with Crippen LogP contribution in [-0.2, 0) is 22.7 Å². The van der Waals surface area contributed by atoms with Crippen LogP contribution in [0, 0.1) is 0 Å². The van der Waals surface area contributed by atoms with Gasteiger partial charge in [-0.1, -0.05) is 6.07 Å². The lowest BCUT2D eigenvalue weighted by Crippen LogP contribution is -2.16. The molecule has 1 unspecified atom stereocenters. The molecule has 1 fully saturated rings. The number of hydrogen-bond donors (Lipinski definition) is 1. The molecule has 2 aliphatic rings. The summed E-state index contributed by atoms with van der Waals surface area (Å²) in [4.78, 5) is 19.7. The van der Waals surface area contributed by atoms with E-state index in [1.807, 2.05) is 17.5 Å². The zero-order valence-electron chi connectivity index (χ0n) is 15.6. The summed E-state index contributed by atoms with van der Waals surface area (Å²) in [5.41, 5.74) is 2.16. The minimum absolute atomic E-state index is 0.0628. The van der Waals surface area contributed by atoms with Gasteiger partial charge >= 0.3 is 0 Å². The maximum atomic E-state index is 12.9. The third-order valence-electron chi connectivity index (χ3n) is 5.36. The molecule has 10 heteroatoms. The molecule has 152 valence electrons. The van der Waals surface area contributed by atoms with Crippen LogP contribution in [0.3, 0.4) is 0 Å². The standard InChI is InChI=1S/C19H20N4O3S3/c24-18(21-19-20-13-4-1-2-5-16(13)28-19)14-10-15(17-6-3-8-27-17)23(22-14)12-7-9-29(25,26)11-12/h3,6,8,10,12H,1-2,4-5,7,9,11H2,(H,20,21,24). The smallest absolute Gasteiger partial charge is 0.277 e. The molecular formula is C19H20N4O3S3. The van der Waals surface area contributed by atoms with Crippen molar-refractivity contribution in [1.29, 1.82) is 0 Å². The van der Waals surface area contributed by atoms with Crippen molar-refractivity contribution >= 4 is 43.5 Å². The number of sulfone groups is 1.